The van der Waals surface area contributed by atoms with Crippen LogP contribution in [0.5, 0.6) is 0 Å². The van der Waals surface area contributed by atoms with Gasteiger partial charge in [0.15, 0.2) is 0 Å². The van der Waals surface area contributed by atoms with E-state index >= 15 is 0 Å². The standard InChI is InChI=1S/C8H13FO4S/c1-3-12-6(10)5-14-7(9)8(11)13-4-2/h7H,3-5H2,1-2H3. The second-order valence-corrected chi connectivity index (χ2v) is 3.22. The number of carbonyl (C=O) groups excluding carboxylic acids is 2. The van der Waals surface area contributed by atoms with Crippen LogP contribution in [-0.2, 0) is 19.1 Å². The van der Waals surface area contributed by atoms with Crippen LogP contribution < -0.4 is 0 Å². The summed E-state index contributed by atoms with van der Waals surface area (Å²) < 4.78 is 21.8. The fourth-order valence-electron chi connectivity index (χ4n) is 0.620. The molecule has 1 unspecified atom stereocenters. The largest absolute Gasteiger partial charge is 0.465 e. The second kappa shape index (κ2) is 7.61. The molecular weight excluding hydrogens is 211 g/mol. The molecular formula is C8H13FO4S. The summed E-state index contributed by atoms with van der Waals surface area (Å²) >= 11 is 0.557. The van der Waals surface area contributed by atoms with Crippen molar-refractivity contribution in [2.45, 2.75) is 19.4 Å². The zero-order valence-corrected chi connectivity index (χ0v) is 8.93. The number of esters is 2. The molecule has 1 atom stereocenters. The molecule has 0 aromatic carbocycles. The Labute approximate surface area is 86.1 Å². The van der Waals surface area contributed by atoms with Crippen LogP contribution >= 0.6 is 11.8 Å². The van der Waals surface area contributed by atoms with Crippen LogP contribution in [0, 0.1) is 0 Å². The van der Waals surface area contributed by atoms with Crippen LogP contribution in [0.25, 0.3) is 0 Å². The van der Waals surface area contributed by atoms with Crippen LogP contribution in [0.1, 0.15) is 13.8 Å². The van der Waals surface area contributed by atoms with Crippen molar-refractivity contribution >= 4 is 23.7 Å². The zero-order valence-electron chi connectivity index (χ0n) is 8.12. The molecule has 0 aliphatic heterocycles. The van der Waals surface area contributed by atoms with E-state index in [-0.39, 0.29) is 19.0 Å². The number of ether oxygens (including phenoxy) is 2. The van der Waals surface area contributed by atoms with Crippen LogP contribution in [0.3, 0.4) is 0 Å². The van der Waals surface area contributed by atoms with Crippen molar-refractivity contribution in [2.75, 3.05) is 19.0 Å². The first-order valence-corrected chi connectivity index (χ1v) is 5.24. The maximum Gasteiger partial charge on any atom is 0.351 e. The van der Waals surface area contributed by atoms with Gasteiger partial charge in [-0.1, -0.05) is 0 Å². The SMILES string of the molecule is CCOC(=O)CSC(F)C(=O)OCC. The van der Waals surface area contributed by atoms with Gasteiger partial charge in [0.2, 0.25) is 5.50 Å². The highest BCUT2D eigenvalue weighted by Gasteiger charge is 2.20. The van der Waals surface area contributed by atoms with Gasteiger partial charge < -0.3 is 9.47 Å². The van der Waals surface area contributed by atoms with Gasteiger partial charge in [-0.05, 0) is 13.8 Å². The Balaban J connectivity index is 3.67. The van der Waals surface area contributed by atoms with Gasteiger partial charge in [-0.2, -0.15) is 0 Å². The molecule has 0 aromatic rings. The topological polar surface area (TPSA) is 52.6 Å². The van der Waals surface area contributed by atoms with Crippen LogP contribution in [0.15, 0.2) is 0 Å². The highest BCUT2D eigenvalue weighted by atomic mass is 32.2. The first-order chi connectivity index (χ1) is 6.61. The van der Waals surface area contributed by atoms with Gasteiger partial charge in [0.1, 0.15) is 0 Å². The molecule has 0 N–H and O–H groups in total. The maximum absolute atomic E-state index is 12.9. The van der Waals surface area contributed by atoms with Gasteiger partial charge >= 0.3 is 11.9 Å². The Morgan fingerprint density at radius 1 is 1.29 bits per heavy atom. The minimum atomic E-state index is -1.82. The van der Waals surface area contributed by atoms with Crippen molar-refractivity contribution in [3.8, 4) is 0 Å². The molecule has 82 valence electrons. The molecule has 0 aliphatic carbocycles. The number of alkyl halides is 1. The van der Waals surface area contributed by atoms with E-state index in [1.165, 1.54) is 0 Å². The molecule has 0 aliphatic rings. The lowest BCUT2D eigenvalue weighted by Crippen LogP contribution is -2.18. The third-order valence-electron chi connectivity index (χ3n) is 1.12. The van der Waals surface area contributed by atoms with Crippen molar-refractivity contribution in [1.29, 1.82) is 0 Å². The molecule has 0 rings (SSSR count). The molecule has 0 saturated carbocycles. The molecule has 4 nitrogen and oxygen atoms in total. The van der Waals surface area contributed by atoms with Crippen molar-refractivity contribution in [3.63, 3.8) is 0 Å². The lowest BCUT2D eigenvalue weighted by Gasteiger charge is -2.06. The number of rotatable bonds is 6. The van der Waals surface area contributed by atoms with Gasteiger partial charge in [-0.15, -0.1) is 11.8 Å². The highest BCUT2D eigenvalue weighted by Crippen LogP contribution is 2.14. The highest BCUT2D eigenvalue weighted by molar-refractivity contribution is 8.01. The van der Waals surface area contributed by atoms with Crippen molar-refractivity contribution in [3.05, 3.63) is 0 Å². The summed E-state index contributed by atoms with van der Waals surface area (Å²) in [6.45, 7) is 3.61. The number of hydrogen-bond donors (Lipinski definition) is 0. The Bertz CT molecular complexity index is 198. The van der Waals surface area contributed by atoms with Gasteiger partial charge in [0.25, 0.3) is 0 Å². The monoisotopic (exact) mass is 224 g/mol. The van der Waals surface area contributed by atoms with E-state index in [0.29, 0.717) is 11.8 Å². The average Bonchev–Trinajstić information content (AvgIpc) is 2.15. The summed E-state index contributed by atoms with van der Waals surface area (Å²) in [5.74, 6) is -1.68. The van der Waals surface area contributed by atoms with Gasteiger partial charge in [-0.3, -0.25) is 4.79 Å². The Morgan fingerprint density at radius 3 is 2.36 bits per heavy atom. The minimum absolute atomic E-state index is 0.124. The first-order valence-electron chi connectivity index (χ1n) is 4.19. The summed E-state index contributed by atoms with van der Waals surface area (Å²) in [5.41, 5.74) is -1.82. The minimum Gasteiger partial charge on any atom is -0.465 e. The van der Waals surface area contributed by atoms with E-state index in [0.717, 1.165) is 0 Å². The van der Waals surface area contributed by atoms with E-state index in [1.807, 2.05) is 0 Å². The summed E-state index contributed by atoms with van der Waals surface area (Å²) in [6.07, 6.45) is 0. The van der Waals surface area contributed by atoms with Crippen molar-refractivity contribution in [2.24, 2.45) is 0 Å². The average molecular weight is 224 g/mol. The molecule has 0 heterocycles. The summed E-state index contributed by atoms with van der Waals surface area (Å²) in [6, 6.07) is 0. The summed E-state index contributed by atoms with van der Waals surface area (Å²) in [7, 11) is 0. The van der Waals surface area contributed by atoms with E-state index in [9.17, 15) is 14.0 Å². The summed E-state index contributed by atoms with van der Waals surface area (Å²) in [4.78, 5) is 21.5. The van der Waals surface area contributed by atoms with E-state index in [1.54, 1.807) is 13.8 Å². The van der Waals surface area contributed by atoms with Crippen LogP contribution in [0.4, 0.5) is 4.39 Å². The molecule has 0 aromatic heterocycles. The lowest BCUT2D eigenvalue weighted by atomic mass is 10.7. The number of thioether (sulfide) groups is 1. The molecule has 0 radical (unpaired) electrons. The molecule has 0 saturated heterocycles. The number of carbonyl (C=O) groups is 2. The Morgan fingerprint density at radius 2 is 1.86 bits per heavy atom. The normalized spacial score (nSPS) is 11.9. The fourth-order valence-corrected chi connectivity index (χ4v) is 1.19. The molecule has 6 heteroatoms. The summed E-state index contributed by atoms with van der Waals surface area (Å²) in [5, 5.41) is 0. The zero-order chi connectivity index (χ0) is 11.0. The Kier molecular flexibility index (Phi) is 7.18. The third kappa shape index (κ3) is 5.80. The number of halogens is 1. The van der Waals surface area contributed by atoms with Crippen molar-refractivity contribution < 1.29 is 23.5 Å². The fraction of sp³-hybridized carbons (Fsp3) is 0.750. The predicted molar refractivity (Wildman–Crippen MR) is 50.6 cm³/mol. The first kappa shape index (κ1) is 13.2. The smallest absolute Gasteiger partial charge is 0.351 e. The quantitative estimate of drug-likeness (QED) is 0.633. The van der Waals surface area contributed by atoms with Gasteiger partial charge in [0, 0.05) is 0 Å². The molecule has 0 fully saturated rings. The molecule has 0 bridgehead atoms. The maximum atomic E-state index is 12.9. The third-order valence-corrected chi connectivity index (χ3v) is 2.01. The van der Waals surface area contributed by atoms with E-state index < -0.39 is 17.4 Å². The molecule has 0 spiro atoms. The van der Waals surface area contributed by atoms with E-state index in [2.05, 4.69) is 9.47 Å². The lowest BCUT2D eigenvalue weighted by molar-refractivity contribution is -0.145. The number of hydrogen-bond acceptors (Lipinski definition) is 5. The van der Waals surface area contributed by atoms with Crippen LogP contribution in [-0.4, -0.2) is 36.4 Å². The molecule has 0 amide bonds. The van der Waals surface area contributed by atoms with Gasteiger partial charge in [-0.25, -0.2) is 9.18 Å². The van der Waals surface area contributed by atoms with Crippen molar-refractivity contribution in [1.82, 2.24) is 0 Å². The van der Waals surface area contributed by atoms with Gasteiger partial charge in [0.05, 0.1) is 19.0 Å². The predicted octanol–water partition coefficient (Wildman–Crippen LogP) is 1.14. The molecule has 14 heavy (non-hydrogen) atoms. The Hall–Kier alpha value is -0.780. The second-order valence-electron chi connectivity index (χ2n) is 2.18. The van der Waals surface area contributed by atoms with E-state index in [4.69, 9.17) is 0 Å². The van der Waals surface area contributed by atoms with Crippen LogP contribution in [0.2, 0.25) is 0 Å².